The Morgan fingerprint density at radius 2 is 1.88 bits per heavy atom. The van der Waals surface area contributed by atoms with Gasteiger partial charge < -0.3 is 23.5 Å². The summed E-state index contributed by atoms with van der Waals surface area (Å²) < 4.78 is 24.2. The first-order chi connectivity index (χ1) is 16.6. The molecule has 3 aromatic rings. The van der Waals surface area contributed by atoms with E-state index in [1.807, 2.05) is 36.4 Å². The molecule has 0 atom stereocenters. The first kappa shape index (κ1) is 24.2. The SMILES string of the molecule is CCOC(=O)Cn1c(=NC(=O)CCCSc2ccc(OC)cc2)sc2cc3c(cc21)OCCO3. The molecule has 0 radical (unpaired) electrons. The van der Waals surface area contributed by atoms with E-state index in [0.717, 1.165) is 26.6 Å². The number of carbonyl (C=O) groups excluding carboxylic acids is 2. The second-order valence-electron chi connectivity index (χ2n) is 7.37. The summed E-state index contributed by atoms with van der Waals surface area (Å²) >= 11 is 3.02. The average molecular weight is 503 g/mol. The molecule has 1 aliphatic rings. The van der Waals surface area contributed by atoms with Gasteiger partial charge in [-0.2, -0.15) is 4.99 Å². The van der Waals surface area contributed by atoms with E-state index in [1.165, 1.54) is 11.3 Å². The molecule has 0 N–H and O–H groups in total. The fourth-order valence-electron chi connectivity index (χ4n) is 3.43. The zero-order valence-corrected chi connectivity index (χ0v) is 20.7. The second kappa shape index (κ2) is 11.4. The highest BCUT2D eigenvalue weighted by Gasteiger charge is 2.18. The Morgan fingerprint density at radius 3 is 2.59 bits per heavy atom. The third-order valence-electron chi connectivity index (χ3n) is 5.02. The van der Waals surface area contributed by atoms with Crippen LogP contribution in [0.1, 0.15) is 19.8 Å². The Morgan fingerprint density at radius 1 is 1.15 bits per heavy atom. The minimum absolute atomic E-state index is 0.0348. The van der Waals surface area contributed by atoms with Crippen molar-refractivity contribution in [3.05, 3.63) is 41.2 Å². The van der Waals surface area contributed by atoms with Gasteiger partial charge in [0.1, 0.15) is 25.5 Å². The number of ether oxygens (including phenoxy) is 4. The second-order valence-corrected chi connectivity index (χ2v) is 9.55. The Hall–Kier alpha value is -2.98. The van der Waals surface area contributed by atoms with E-state index < -0.39 is 0 Å². The van der Waals surface area contributed by atoms with Gasteiger partial charge in [-0.15, -0.1) is 11.8 Å². The molecule has 1 aliphatic heterocycles. The number of esters is 1. The molecule has 0 aliphatic carbocycles. The number of fused-ring (bicyclic) bond motifs is 2. The lowest BCUT2D eigenvalue weighted by Gasteiger charge is -2.18. The number of hydrogen-bond donors (Lipinski definition) is 0. The predicted octanol–water partition coefficient (Wildman–Crippen LogP) is 4.05. The Balaban J connectivity index is 1.49. The van der Waals surface area contributed by atoms with E-state index in [4.69, 9.17) is 18.9 Å². The summed E-state index contributed by atoms with van der Waals surface area (Å²) in [5.41, 5.74) is 0.754. The largest absolute Gasteiger partial charge is 0.497 e. The highest BCUT2D eigenvalue weighted by atomic mass is 32.2. The number of carbonyl (C=O) groups is 2. The van der Waals surface area contributed by atoms with Gasteiger partial charge in [-0.3, -0.25) is 9.59 Å². The zero-order valence-electron chi connectivity index (χ0n) is 19.1. The van der Waals surface area contributed by atoms with Crippen LogP contribution in [0.25, 0.3) is 10.2 Å². The topological polar surface area (TPSA) is 88.4 Å². The van der Waals surface area contributed by atoms with Crippen LogP contribution in [-0.2, 0) is 20.9 Å². The van der Waals surface area contributed by atoms with Crippen molar-refractivity contribution in [1.82, 2.24) is 4.57 Å². The molecule has 8 nitrogen and oxygen atoms in total. The van der Waals surface area contributed by atoms with Crippen LogP contribution in [0.4, 0.5) is 0 Å². The van der Waals surface area contributed by atoms with Crippen molar-refractivity contribution < 1.29 is 28.5 Å². The minimum Gasteiger partial charge on any atom is -0.497 e. The lowest BCUT2D eigenvalue weighted by atomic mass is 10.2. The first-order valence-corrected chi connectivity index (χ1v) is 12.8. The monoisotopic (exact) mass is 502 g/mol. The van der Waals surface area contributed by atoms with Gasteiger partial charge in [-0.05, 0) is 43.4 Å². The molecule has 2 aromatic carbocycles. The van der Waals surface area contributed by atoms with Crippen LogP contribution in [0, 0.1) is 0 Å². The molecule has 1 amide bonds. The highest BCUT2D eigenvalue weighted by Crippen LogP contribution is 2.35. The number of rotatable bonds is 9. The number of benzene rings is 2. The predicted molar refractivity (Wildman–Crippen MR) is 131 cm³/mol. The molecule has 0 saturated carbocycles. The smallest absolute Gasteiger partial charge is 0.326 e. The van der Waals surface area contributed by atoms with Crippen molar-refractivity contribution >= 4 is 45.2 Å². The van der Waals surface area contributed by atoms with Crippen LogP contribution in [0.3, 0.4) is 0 Å². The zero-order chi connectivity index (χ0) is 23.9. The average Bonchev–Trinajstić information content (AvgIpc) is 3.16. The summed E-state index contributed by atoms with van der Waals surface area (Å²) in [6, 6.07) is 11.5. The van der Waals surface area contributed by atoms with Crippen molar-refractivity contribution in [2.75, 3.05) is 32.7 Å². The molecular formula is C24H26N2O6S2. The Kier molecular flexibility index (Phi) is 8.12. The maximum Gasteiger partial charge on any atom is 0.326 e. The van der Waals surface area contributed by atoms with Crippen molar-refractivity contribution in [3.8, 4) is 17.2 Å². The molecule has 0 unspecified atom stereocenters. The van der Waals surface area contributed by atoms with Crippen molar-refractivity contribution in [1.29, 1.82) is 0 Å². The van der Waals surface area contributed by atoms with E-state index in [1.54, 1.807) is 30.4 Å². The quantitative estimate of drug-likeness (QED) is 0.248. The number of hydrogen-bond acceptors (Lipinski definition) is 8. The summed E-state index contributed by atoms with van der Waals surface area (Å²) in [5.74, 6) is 2.26. The number of amides is 1. The maximum absolute atomic E-state index is 12.6. The van der Waals surface area contributed by atoms with E-state index in [0.29, 0.717) is 42.4 Å². The number of methoxy groups -OCH3 is 1. The Bertz CT molecular complexity index is 1230. The van der Waals surface area contributed by atoms with Gasteiger partial charge in [0.2, 0.25) is 5.91 Å². The molecule has 4 rings (SSSR count). The highest BCUT2D eigenvalue weighted by molar-refractivity contribution is 7.99. The minimum atomic E-state index is -0.387. The van der Waals surface area contributed by atoms with E-state index in [2.05, 4.69) is 4.99 Å². The third-order valence-corrected chi connectivity index (χ3v) is 7.16. The number of thiazole rings is 1. The molecule has 0 spiro atoms. The van der Waals surface area contributed by atoms with Gasteiger partial charge in [-0.1, -0.05) is 11.3 Å². The molecule has 2 heterocycles. The summed E-state index contributed by atoms with van der Waals surface area (Å²) in [6.07, 6.45) is 1.01. The van der Waals surface area contributed by atoms with Crippen LogP contribution < -0.4 is 19.0 Å². The summed E-state index contributed by atoms with van der Waals surface area (Å²) in [6.45, 7) is 2.95. The van der Waals surface area contributed by atoms with Crippen molar-refractivity contribution in [3.63, 3.8) is 0 Å². The van der Waals surface area contributed by atoms with Crippen molar-refractivity contribution in [2.45, 2.75) is 31.2 Å². The van der Waals surface area contributed by atoms with Gasteiger partial charge >= 0.3 is 5.97 Å². The number of aromatic nitrogens is 1. The molecular weight excluding hydrogens is 476 g/mol. The standard InChI is InChI=1S/C24H26N2O6S2/c1-3-30-23(28)15-26-18-13-19-20(32-11-10-31-19)14-21(18)34-24(26)25-22(27)5-4-12-33-17-8-6-16(29-2)7-9-17/h6-9,13-14H,3-5,10-12,15H2,1-2H3. The first-order valence-electron chi connectivity index (χ1n) is 11.0. The van der Waals surface area contributed by atoms with Gasteiger partial charge in [0.05, 0.1) is 23.9 Å². The number of nitrogens with zero attached hydrogens (tertiary/aromatic N) is 2. The molecule has 1 aromatic heterocycles. The van der Waals surface area contributed by atoms with Gasteiger partial charge in [0, 0.05) is 23.4 Å². The fourth-order valence-corrected chi connectivity index (χ4v) is 5.34. The van der Waals surface area contributed by atoms with E-state index in [-0.39, 0.29) is 25.0 Å². The van der Waals surface area contributed by atoms with E-state index in [9.17, 15) is 9.59 Å². The van der Waals surface area contributed by atoms with Crippen LogP contribution in [-0.4, -0.2) is 49.1 Å². The summed E-state index contributed by atoms with van der Waals surface area (Å²) in [7, 11) is 1.64. The normalized spacial score (nSPS) is 13.2. The van der Waals surface area contributed by atoms with Crippen LogP contribution in [0.2, 0.25) is 0 Å². The number of thioether (sulfide) groups is 1. The van der Waals surface area contributed by atoms with Crippen LogP contribution in [0.5, 0.6) is 17.2 Å². The fraction of sp³-hybridized carbons (Fsp3) is 0.375. The van der Waals surface area contributed by atoms with Gasteiger partial charge in [-0.25, -0.2) is 0 Å². The Labute approximate surface area is 205 Å². The molecule has 180 valence electrons. The van der Waals surface area contributed by atoms with Gasteiger partial charge in [0.25, 0.3) is 0 Å². The van der Waals surface area contributed by atoms with Crippen molar-refractivity contribution in [2.24, 2.45) is 4.99 Å². The molecule has 10 heteroatoms. The molecule has 0 saturated heterocycles. The van der Waals surface area contributed by atoms with Gasteiger partial charge in [0.15, 0.2) is 16.3 Å². The summed E-state index contributed by atoms with van der Waals surface area (Å²) in [5, 5.41) is 0. The van der Waals surface area contributed by atoms with Crippen LogP contribution in [0.15, 0.2) is 46.3 Å². The molecule has 0 fully saturated rings. The lowest BCUT2D eigenvalue weighted by Crippen LogP contribution is -2.23. The van der Waals surface area contributed by atoms with Crippen LogP contribution >= 0.6 is 23.1 Å². The summed E-state index contributed by atoms with van der Waals surface area (Å²) in [4.78, 5) is 30.8. The molecule has 34 heavy (non-hydrogen) atoms. The van der Waals surface area contributed by atoms with E-state index >= 15 is 0 Å². The molecule has 0 bridgehead atoms. The lowest BCUT2D eigenvalue weighted by molar-refractivity contribution is -0.143. The third kappa shape index (κ3) is 5.92. The maximum atomic E-state index is 12.6.